The first-order chi connectivity index (χ1) is 13.9. The molecule has 2 rings (SSSR count). The average Bonchev–Trinajstić information content (AvgIpc) is 2.73. The van der Waals surface area contributed by atoms with E-state index in [1.807, 2.05) is 5.32 Å². The van der Waals surface area contributed by atoms with Gasteiger partial charge in [-0.2, -0.15) is 0 Å². The number of nitrogens with one attached hydrogen (secondary N) is 2. The summed E-state index contributed by atoms with van der Waals surface area (Å²) in [5, 5.41) is 14.1. The van der Waals surface area contributed by atoms with Crippen molar-refractivity contribution in [1.29, 1.82) is 0 Å². The normalized spacial score (nSPS) is 10.8. The maximum Gasteiger partial charge on any atom is 0.339 e. The van der Waals surface area contributed by atoms with Crippen LogP contribution in [0.1, 0.15) is 18.1 Å². The Hall–Kier alpha value is -3.81. The zero-order chi connectivity index (χ0) is 21.2. The first kappa shape index (κ1) is 21.5. The number of amides is 3. The zero-order valence-electron chi connectivity index (χ0n) is 16.1. The number of hydrogen-bond donors (Lipinski definition) is 3. The monoisotopic (exact) mass is 398 g/mol. The number of rotatable bonds is 7. The summed E-state index contributed by atoms with van der Waals surface area (Å²) in [6.45, 7) is 1.55. The van der Waals surface area contributed by atoms with Crippen molar-refractivity contribution in [2.75, 3.05) is 20.3 Å². The van der Waals surface area contributed by atoms with Crippen molar-refractivity contribution in [2.24, 2.45) is 0 Å². The number of imide groups is 1. The van der Waals surface area contributed by atoms with E-state index >= 15 is 0 Å². The van der Waals surface area contributed by atoms with E-state index in [1.165, 1.54) is 13.1 Å². The third-order valence-electron chi connectivity index (χ3n) is 3.71. The van der Waals surface area contributed by atoms with Crippen molar-refractivity contribution in [2.45, 2.75) is 6.92 Å². The molecule has 2 aromatic rings. The molecule has 0 saturated heterocycles. The van der Waals surface area contributed by atoms with Crippen molar-refractivity contribution in [3.8, 4) is 11.5 Å². The molecular weight excluding hydrogens is 376 g/mol. The Morgan fingerprint density at radius 1 is 1.10 bits per heavy atom. The molecule has 0 unspecified atom stereocenters. The molecule has 0 saturated carbocycles. The summed E-state index contributed by atoms with van der Waals surface area (Å²) in [5.41, 5.74) is 1.37. The van der Waals surface area contributed by atoms with E-state index in [4.69, 9.17) is 9.47 Å². The second-order valence-corrected chi connectivity index (χ2v) is 5.79. The molecule has 0 heterocycles. The van der Waals surface area contributed by atoms with Gasteiger partial charge >= 0.3 is 12.0 Å². The van der Waals surface area contributed by atoms with Crippen LogP contribution < -0.4 is 15.4 Å². The SMILES string of the molecule is CCOc1cc(/C=C(/C(=O)OCC(=O)NC(=O)NC)c2ccccc2)ccc1O. The third-order valence-corrected chi connectivity index (χ3v) is 3.71. The van der Waals surface area contributed by atoms with Crippen LogP contribution in [0.3, 0.4) is 0 Å². The van der Waals surface area contributed by atoms with Gasteiger partial charge < -0.3 is 19.9 Å². The van der Waals surface area contributed by atoms with Gasteiger partial charge in [-0.05, 0) is 36.3 Å². The van der Waals surface area contributed by atoms with Gasteiger partial charge in [0.2, 0.25) is 0 Å². The van der Waals surface area contributed by atoms with E-state index < -0.39 is 24.5 Å². The van der Waals surface area contributed by atoms with Crippen molar-refractivity contribution in [1.82, 2.24) is 10.6 Å². The molecule has 0 atom stereocenters. The second-order valence-electron chi connectivity index (χ2n) is 5.79. The van der Waals surface area contributed by atoms with Crippen LogP contribution in [0.25, 0.3) is 11.6 Å². The van der Waals surface area contributed by atoms with E-state index in [0.29, 0.717) is 17.7 Å². The van der Waals surface area contributed by atoms with Crippen molar-refractivity contribution >= 4 is 29.6 Å². The minimum Gasteiger partial charge on any atom is -0.504 e. The van der Waals surface area contributed by atoms with Gasteiger partial charge in [-0.3, -0.25) is 10.1 Å². The number of carbonyl (C=O) groups is 3. The lowest BCUT2D eigenvalue weighted by Crippen LogP contribution is -2.39. The minimum atomic E-state index is -0.756. The van der Waals surface area contributed by atoms with Gasteiger partial charge in [-0.25, -0.2) is 9.59 Å². The molecule has 2 aromatic carbocycles. The van der Waals surface area contributed by atoms with Gasteiger partial charge in [0.05, 0.1) is 12.2 Å². The molecule has 0 radical (unpaired) electrons. The molecule has 0 aromatic heterocycles. The highest BCUT2D eigenvalue weighted by Crippen LogP contribution is 2.29. The third kappa shape index (κ3) is 6.39. The van der Waals surface area contributed by atoms with Crippen molar-refractivity contribution in [3.63, 3.8) is 0 Å². The number of carbonyl (C=O) groups excluding carboxylic acids is 3. The van der Waals surface area contributed by atoms with Crippen LogP contribution in [0.5, 0.6) is 11.5 Å². The summed E-state index contributed by atoms with van der Waals surface area (Å²) < 4.78 is 10.4. The number of ether oxygens (including phenoxy) is 2. The van der Waals surface area contributed by atoms with Crippen LogP contribution in [0.15, 0.2) is 48.5 Å². The largest absolute Gasteiger partial charge is 0.504 e. The number of phenolic OH excluding ortho intramolecular Hbond substituents is 1. The fraction of sp³-hybridized carbons (Fsp3) is 0.190. The number of hydrogen-bond acceptors (Lipinski definition) is 6. The Morgan fingerprint density at radius 3 is 2.48 bits per heavy atom. The molecule has 8 heteroatoms. The molecule has 0 aliphatic rings. The Balaban J connectivity index is 2.27. The summed E-state index contributed by atoms with van der Waals surface area (Å²) in [4.78, 5) is 35.5. The van der Waals surface area contributed by atoms with Crippen LogP contribution in [0, 0.1) is 0 Å². The second kappa shape index (κ2) is 10.5. The molecule has 152 valence electrons. The highest BCUT2D eigenvalue weighted by Gasteiger charge is 2.17. The molecular formula is C21H22N2O6. The highest BCUT2D eigenvalue weighted by molar-refractivity contribution is 6.22. The molecule has 8 nitrogen and oxygen atoms in total. The maximum atomic E-state index is 12.6. The number of urea groups is 1. The standard InChI is InChI=1S/C21H22N2O6/c1-3-28-18-12-14(9-10-17(18)24)11-16(15-7-5-4-6-8-15)20(26)29-13-19(25)23-21(27)22-2/h4-12,24H,3,13H2,1-2H3,(H2,22,23,25,27)/b16-11+. The van der Waals surface area contributed by atoms with Gasteiger partial charge in [0.25, 0.3) is 5.91 Å². The number of benzene rings is 2. The van der Waals surface area contributed by atoms with E-state index in [1.54, 1.807) is 55.5 Å². The Morgan fingerprint density at radius 2 is 1.83 bits per heavy atom. The average molecular weight is 398 g/mol. The van der Waals surface area contributed by atoms with Gasteiger partial charge in [0.15, 0.2) is 18.1 Å². The molecule has 0 spiro atoms. The van der Waals surface area contributed by atoms with Gasteiger partial charge in [-0.15, -0.1) is 0 Å². The summed E-state index contributed by atoms with van der Waals surface area (Å²) in [6, 6.07) is 12.7. The van der Waals surface area contributed by atoms with Crippen LogP contribution >= 0.6 is 0 Å². The predicted octanol–water partition coefficient (Wildman–Crippen LogP) is 2.33. The molecule has 29 heavy (non-hydrogen) atoms. The molecule has 0 bridgehead atoms. The van der Waals surface area contributed by atoms with E-state index in [2.05, 4.69) is 5.32 Å². The van der Waals surface area contributed by atoms with Gasteiger partial charge in [0.1, 0.15) is 0 Å². The van der Waals surface area contributed by atoms with E-state index in [9.17, 15) is 19.5 Å². The van der Waals surface area contributed by atoms with Crippen molar-refractivity contribution < 1.29 is 29.0 Å². The summed E-state index contributed by atoms with van der Waals surface area (Å²) in [5.74, 6) is -1.23. The number of esters is 1. The predicted molar refractivity (Wildman–Crippen MR) is 107 cm³/mol. The fourth-order valence-corrected chi connectivity index (χ4v) is 2.37. The topological polar surface area (TPSA) is 114 Å². The molecule has 3 amide bonds. The smallest absolute Gasteiger partial charge is 0.339 e. The Kier molecular flexibility index (Phi) is 7.78. The van der Waals surface area contributed by atoms with Crippen LogP contribution in [-0.2, 0) is 14.3 Å². The summed E-state index contributed by atoms with van der Waals surface area (Å²) in [6.07, 6.45) is 1.57. The Bertz CT molecular complexity index is 909. The first-order valence-electron chi connectivity index (χ1n) is 8.86. The van der Waals surface area contributed by atoms with Gasteiger partial charge in [0, 0.05) is 7.05 Å². The van der Waals surface area contributed by atoms with Gasteiger partial charge in [-0.1, -0.05) is 36.4 Å². The summed E-state index contributed by atoms with van der Waals surface area (Å²) in [7, 11) is 1.36. The van der Waals surface area contributed by atoms with Crippen molar-refractivity contribution in [3.05, 3.63) is 59.7 Å². The minimum absolute atomic E-state index is 0.0151. The zero-order valence-corrected chi connectivity index (χ0v) is 16.1. The van der Waals surface area contributed by atoms with E-state index in [0.717, 1.165) is 0 Å². The lowest BCUT2D eigenvalue weighted by atomic mass is 10.0. The number of phenols is 1. The lowest BCUT2D eigenvalue weighted by Gasteiger charge is -2.10. The van der Waals surface area contributed by atoms with Crippen LogP contribution in [-0.4, -0.2) is 43.3 Å². The van der Waals surface area contributed by atoms with Crippen LogP contribution in [0.4, 0.5) is 4.79 Å². The fourth-order valence-electron chi connectivity index (χ4n) is 2.37. The summed E-state index contributed by atoms with van der Waals surface area (Å²) >= 11 is 0. The Labute approximate surface area is 168 Å². The molecule has 3 N–H and O–H groups in total. The van der Waals surface area contributed by atoms with E-state index in [-0.39, 0.29) is 17.1 Å². The maximum absolute atomic E-state index is 12.6. The number of aromatic hydroxyl groups is 1. The molecule has 0 aliphatic carbocycles. The van der Waals surface area contributed by atoms with Crippen LogP contribution in [0.2, 0.25) is 0 Å². The first-order valence-corrected chi connectivity index (χ1v) is 8.86. The molecule has 0 fully saturated rings. The quantitative estimate of drug-likeness (QED) is 0.375. The molecule has 0 aliphatic heterocycles. The lowest BCUT2D eigenvalue weighted by molar-refractivity contribution is -0.142. The highest BCUT2D eigenvalue weighted by atomic mass is 16.5.